The highest BCUT2D eigenvalue weighted by atomic mass is 16.6. The lowest BCUT2D eigenvalue weighted by Crippen LogP contribution is -2.51. The second-order valence-corrected chi connectivity index (χ2v) is 8.78. The molecule has 2 bridgehead atoms. The van der Waals surface area contributed by atoms with Crippen molar-refractivity contribution < 1.29 is 14.3 Å². The van der Waals surface area contributed by atoms with Crippen LogP contribution in [0.25, 0.3) is 0 Å². The first kappa shape index (κ1) is 17.3. The Morgan fingerprint density at radius 1 is 1.15 bits per heavy atom. The number of imide groups is 1. The average Bonchev–Trinajstić information content (AvgIpc) is 3.25. The van der Waals surface area contributed by atoms with Crippen molar-refractivity contribution in [1.82, 2.24) is 4.90 Å². The third kappa shape index (κ3) is 2.50. The Morgan fingerprint density at radius 3 is 2.46 bits per heavy atom. The molecule has 2 aliphatic carbocycles. The van der Waals surface area contributed by atoms with Gasteiger partial charge in [-0.05, 0) is 43.6 Å². The quantitative estimate of drug-likeness (QED) is 0.758. The molecule has 1 saturated heterocycles. The standard InChI is InChI=1S/C22H27NO3/c1-13(2)19-22(3,4)26-21(25)23(19)20(24)18-16-11-10-15(12-16)17(18)14-8-6-5-7-9-14/h5-11,13,15-19H,12H2,1-4H3/t15-,16+,17+,18+,19-/m0/s1. The number of allylic oxidation sites excluding steroid dienone is 2. The highest BCUT2D eigenvalue weighted by Gasteiger charge is 2.57. The maximum Gasteiger partial charge on any atom is 0.417 e. The van der Waals surface area contributed by atoms with E-state index in [4.69, 9.17) is 4.74 Å². The molecule has 138 valence electrons. The van der Waals surface area contributed by atoms with E-state index in [1.165, 1.54) is 10.5 Å². The van der Waals surface area contributed by atoms with Crippen LogP contribution in [0.1, 0.15) is 45.6 Å². The van der Waals surface area contributed by atoms with Gasteiger partial charge in [0.05, 0.1) is 12.0 Å². The van der Waals surface area contributed by atoms with Crippen LogP contribution in [0.5, 0.6) is 0 Å². The highest BCUT2D eigenvalue weighted by molar-refractivity contribution is 5.96. The first-order chi connectivity index (χ1) is 12.3. The molecule has 3 aliphatic rings. The molecule has 2 fully saturated rings. The smallest absolute Gasteiger partial charge is 0.417 e. The van der Waals surface area contributed by atoms with Gasteiger partial charge in [-0.2, -0.15) is 0 Å². The van der Waals surface area contributed by atoms with E-state index in [0.717, 1.165) is 6.42 Å². The number of ether oxygens (including phenoxy) is 1. The lowest BCUT2D eigenvalue weighted by molar-refractivity contribution is -0.136. The minimum absolute atomic E-state index is 0.0648. The molecule has 1 aromatic rings. The molecule has 26 heavy (non-hydrogen) atoms. The maximum atomic E-state index is 13.6. The SMILES string of the molecule is CC(C)[C@@H]1N(C(=O)[C@H]2[C@H](c3ccccc3)[C@H]3C=C[C@@H]2C3)C(=O)OC1(C)C. The summed E-state index contributed by atoms with van der Waals surface area (Å²) in [5, 5.41) is 0. The normalized spacial score (nSPS) is 34.6. The largest absolute Gasteiger partial charge is 0.441 e. The van der Waals surface area contributed by atoms with Gasteiger partial charge in [0.2, 0.25) is 5.91 Å². The number of carbonyl (C=O) groups is 2. The summed E-state index contributed by atoms with van der Waals surface area (Å²) in [5.74, 6) is 0.621. The molecule has 0 N–H and O–H groups in total. The Bertz CT molecular complexity index is 752. The van der Waals surface area contributed by atoms with Gasteiger partial charge in [0.1, 0.15) is 5.60 Å². The molecular formula is C22H27NO3. The van der Waals surface area contributed by atoms with Crippen molar-refractivity contribution in [2.45, 2.75) is 51.7 Å². The molecule has 2 amide bonds. The van der Waals surface area contributed by atoms with E-state index < -0.39 is 11.7 Å². The van der Waals surface area contributed by atoms with E-state index in [0.29, 0.717) is 5.92 Å². The number of benzene rings is 1. The van der Waals surface area contributed by atoms with Gasteiger partial charge < -0.3 is 4.74 Å². The zero-order valence-electron chi connectivity index (χ0n) is 15.9. The Morgan fingerprint density at radius 2 is 1.81 bits per heavy atom. The van der Waals surface area contributed by atoms with E-state index in [-0.39, 0.29) is 35.6 Å². The van der Waals surface area contributed by atoms with Crippen LogP contribution < -0.4 is 0 Å². The number of nitrogens with zero attached hydrogens (tertiary/aromatic N) is 1. The molecule has 1 aromatic carbocycles. The molecule has 4 rings (SSSR count). The van der Waals surface area contributed by atoms with E-state index in [9.17, 15) is 9.59 Å². The summed E-state index contributed by atoms with van der Waals surface area (Å²) in [4.78, 5) is 27.7. The molecule has 4 heteroatoms. The van der Waals surface area contributed by atoms with Crippen molar-refractivity contribution in [1.29, 1.82) is 0 Å². The average molecular weight is 353 g/mol. The number of rotatable bonds is 3. The Balaban J connectivity index is 1.70. The monoisotopic (exact) mass is 353 g/mol. The Labute approximate surface area is 155 Å². The van der Waals surface area contributed by atoms with Gasteiger partial charge in [-0.1, -0.05) is 56.3 Å². The molecule has 0 radical (unpaired) electrons. The van der Waals surface area contributed by atoms with Gasteiger partial charge in [-0.15, -0.1) is 0 Å². The van der Waals surface area contributed by atoms with Gasteiger partial charge in [0, 0.05) is 5.92 Å². The lowest BCUT2D eigenvalue weighted by Gasteiger charge is -2.35. The molecule has 0 spiro atoms. The van der Waals surface area contributed by atoms with E-state index in [2.05, 4.69) is 24.3 Å². The van der Waals surface area contributed by atoms with Gasteiger partial charge in [-0.25, -0.2) is 9.69 Å². The minimum atomic E-state index is -0.656. The third-order valence-electron chi connectivity index (χ3n) is 6.34. The lowest BCUT2D eigenvalue weighted by atomic mass is 9.77. The molecule has 1 heterocycles. The number of cyclic esters (lactones) is 1. The van der Waals surface area contributed by atoms with Crippen molar-refractivity contribution in [2.75, 3.05) is 0 Å². The van der Waals surface area contributed by atoms with Crippen molar-refractivity contribution >= 4 is 12.0 Å². The zero-order valence-corrected chi connectivity index (χ0v) is 15.9. The van der Waals surface area contributed by atoms with Crippen LogP contribution in [0.2, 0.25) is 0 Å². The van der Waals surface area contributed by atoms with Crippen LogP contribution in [0.15, 0.2) is 42.5 Å². The van der Waals surface area contributed by atoms with Gasteiger partial charge in [0.15, 0.2) is 0 Å². The second-order valence-electron chi connectivity index (χ2n) is 8.78. The van der Waals surface area contributed by atoms with Crippen molar-refractivity contribution in [3.63, 3.8) is 0 Å². The minimum Gasteiger partial charge on any atom is -0.441 e. The van der Waals surface area contributed by atoms with Gasteiger partial charge >= 0.3 is 6.09 Å². The van der Waals surface area contributed by atoms with Crippen LogP contribution in [0.3, 0.4) is 0 Å². The summed E-state index contributed by atoms with van der Waals surface area (Å²) < 4.78 is 5.59. The third-order valence-corrected chi connectivity index (χ3v) is 6.34. The van der Waals surface area contributed by atoms with Gasteiger partial charge in [-0.3, -0.25) is 4.79 Å². The summed E-state index contributed by atoms with van der Waals surface area (Å²) >= 11 is 0. The van der Waals surface area contributed by atoms with Crippen LogP contribution in [-0.4, -0.2) is 28.5 Å². The number of amides is 2. The number of hydrogen-bond donors (Lipinski definition) is 0. The molecule has 0 aromatic heterocycles. The molecule has 5 atom stereocenters. The molecule has 1 saturated carbocycles. The van der Waals surface area contributed by atoms with Crippen molar-refractivity contribution in [3.05, 3.63) is 48.0 Å². The number of hydrogen-bond acceptors (Lipinski definition) is 3. The van der Waals surface area contributed by atoms with Gasteiger partial charge in [0.25, 0.3) is 0 Å². The molecular weight excluding hydrogens is 326 g/mol. The van der Waals surface area contributed by atoms with E-state index in [1.54, 1.807) is 0 Å². The Hall–Kier alpha value is -2.10. The maximum absolute atomic E-state index is 13.6. The van der Waals surface area contributed by atoms with Crippen LogP contribution in [0.4, 0.5) is 4.79 Å². The molecule has 4 nitrogen and oxygen atoms in total. The molecule has 1 aliphatic heterocycles. The molecule has 0 unspecified atom stereocenters. The van der Waals surface area contributed by atoms with Crippen molar-refractivity contribution in [2.24, 2.45) is 23.7 Å². The zero-order chi connectivity index (χ0) is 18.6. The van der Waals surface area contributed by atoms with Crippen LogP contribution in [-0.2, 0) is 9.53 Å². The topological polar surface area (TPSA) is 46.6 Å². The predicted molar refractivity (Wildman–Crippen MR) is 99.4 cm³/mol. The van der Waals surface area contributed by atoms with Crippen LogP contribution in [0, 0.1) is 23.7 Å². The number of fused-ring (bicyclic) bond motifs is 2. The summed E-state index contributed by atoms with van der Waals surface area (Å²) in [6.07, 6.45) is 4.92. The summed E-state index contributed by atoms with van der Waals surface area (Å²) in [6.45, 7) is 7.89. The fraction of sp³-hybridized carbons (Fsp3) is 0.545. The predicted octanol–water partition coefficient (Wildman–Crippen LogP) is 4.37. The summed E-state index contributed by atoms with van der Waals surface area (Å²) in [7, 11) is 0. The highest BCUT2D eigenvalue weighted by Crippen LogP contribution is 2.54. The summed E-state index contributed by atoms with van der Waals surface area (Å²) in [6, 6.07) is 10.0. The van der Waals surface area contributed by atoms with Crippen LogP contribution >= 0.6 is 0 Å². The first-order valence-corrected chi connectivity index (χ1v) is 9.60. The second kappa shape index (κ2) is 5.97. The van der Waals surface area contributed by atoms with E-state index >= 15 is 0 Å². The summed E-state index contributed by atoms with van der Waals surface area (Å²) in [5.41, 5.74) is 0.534. The number of carbonyl (C=O) groups excluding carboxylic acids is 2. The Kier molecular flexibility index (Phi) is 3.98. The fourth-order valence-electron chi connectivity index (χ4n) is 5.54. The fourth-order valence-corrected chi connectivity index (χ4v) is 5.54. The van der Waals surface area contributed by atoms with Crippen molar-refractivity contribution in [3.8, 4) is 0 Å². The van der Waals surface area contributed by atoms with E-state index in [1.807, 2.05) is 45.9 Å². The first-order valence-electron chi connectivity index (χ1n) is 9.60.